The maximum absolute atomic E-state index is 12.0. The van der Waals surface area contributed by atoms with Gasteiger partial charge in [-0.05, 0) is 25.5 Å². The highest BCUT2D eigenvalue weighted by atomic mass is 16.6. The van der Waals surface area contributed by atoms with Crippen LogP contribution >= 0.6 is 0 Å². The minimum absolute atomic E-state index is 0.0395. The lowest BCUT2D eigenvalue weighted by atomic mass is 10.1. The summed E-state index contributed by atoms with van der Waals surface area (Å²) in [4.78, 5) is 13.6. The van der Waals surface area contributed by atoms with Crippen LogP contribution in [-0.4, -0.2) is 32.2 Å². The first-order valence-corrected chi connectivity index (χ1v) is 6.49. The molecular weight excluding hydrogens is 244 g/mol. The van der Waals surface area contributed by atoms with Crippen LogP contribution in [0.4, 0.5) is 5.69 Å². The summed E-state index contributed by atoms with van der Waals surface area (Å²) in [6, 6.07) is 5.56. The summed E-state index contributed by atoms with van der Waals surface area (Å²) < 4.78 is 11.0. The van der Waals surface area contributed by atoms with E-state index in [1.807, 2.05) is 25.1 Å². The summed E-state index contributed by atoms with van der Waals surface area (Å²) in [6.07, 6.45) is 1.14. The standard InChI is InChI=1S/C14H20N2O3/c1-10(15)3-6-14(17)16(2)11-4-5-12-13(9-11)19-8-7-18-12/h4-5,9-10H,3,6-8,15H2,1-2H3. The number of carbonyl (C=O) groups excluding carboxylic acids is 1. The molecule has 0 spiro atoms. The third-order valence-corrected chi connectivity index (χ3v) is 3.10. The van der Waals surface area contributed by atoms with Gasteiger partial charge in [0.1, 0.15) is 13.2 Å². The molecule has 1 heterocycles. The smallest absolute Gasteiger partial charge is 0.226 e. The third-order valence-electron chi connectivity index (χ3n) is 3.10. The second kappa shape index (κ2) is 5.93. The number of anilines is 1. The van der Waals surface area contributed by atoms with Gasteiger partial charge in [-0.25, -0.2) is 0 Å². The van der Waals surface area contributed by atoms with Crippen LogP contribution in [0, 0.1) is 0 Å². The number of nitrogens with zero attached hydrogens (tertiary/aromatic N) is 1. The van der Waals surface area contributed by atoms with Gasteiger partial charge in [0.05, 0.1) is 0 Å². The molecule has 5 nitrogen and oxygen atoms in total. The average molecular weight is 264 g/mol. The van der Waals surface area contributed by atoms with Crippen molar-refractivity contribution in [1.82, 2.24) is 0 Å². The van der Waals surface area contributed by atoms with Crippen LogP contribution in [0.5, 0.6) is 11.5 Å². The molecule has 1 aromatic rings. The number of ether oxygens (including phenoxy) is 2. The highest BCUT2D eigenvalue weighted by Gasteiger charge is 2.16. The summed E-state index contributed by atoms with van der Waals surface area (Å²) >= 11 is 0. The number of hydrogen-bond donors (Lipinski definition) is 1. The number of hydrogen-bond acceptors (Lipinski definition) is 4. The van der Waals surface area contributed by atoms with Gasteiger partial charge < -0.3 is 20.1 Å². The Hall–Kier alpha value is -1.75. The number of nitrogens with two attached hydrogens (primary N) is 1. The van der Waals surface area contributed by atoms with E-state index in [0.29, 0.717) is 31.8 Å². The van der Waals surface area contributed by atoms with Gasteiger partial charge in [0, 0.05) is 31.3 Å². The maximum atomic E-state index is 12.0. The molecule has 0 radical (unpaired) electrons. The van der Waals surface area contributed by atoms with Crippen molar-refractivity contribution in [2.45, 2.75) is 25.8 Å². The molecular formula is C14H20N2O3. The Balaban J connectivity index is 2.06. The molecule has 5 heteroatoms. The summed E-state index contributed by atoms with van der Waals surface area (Å²) in [5.74, 6) is 1.47. The van der Waals surface area contributed by atoms with Crippen molar-refractivity contribution < 1.29 is 14.3 Å². The fourth-order valence-electron chi connectivity index (χ4n) is 1.90. The van der Waals surface area contributed by atoms with Crippen molar-refractivity contribution in [2.75, 3.05) is 25.2 Å². The summed E-state index contributed by atoms with van der Waals surface area (Å²) in [7, 11) is 1.76. The van der Waals surface area contributed by atoms with E-state index < -0.39 is 0 Å². The first-order valence-electron chi connectivity index (χ1n) is 6.49. The molecule has 1 unspecified atom stereocenters. The van der Waals surface area contributed by atoms with E-state index in [1.165, 1.54) is 0 Å². The van der Waals surface area contributed by atoms with Gasteiger partial charge in [0.2, 0.25) is 5.91 Å². The molecule has 1 aliphatic heterocycles. The Labute approximate surface area is 113 Å². The van der Waals surface area contributed by atoms with Gasteiger partial charge in [-0.3, -0.25) is 4.79 Å². The largest absolute Gasteiger partial charge is 0.486 e. The normalized spacial score (nSPS) is 14.9. The Morgan fingerprint density at radius 2 is 2.05 bits per heavy atom. The first-order chi connectivity index (χ1) is 9.08. The van der Waals surface area contributed by atoms with E-state index >= 15 is 0 Å². The molecule has 0 bridgehead atoms. The quantitative estimate of drug-likeness (QED) is 0.896. The van der Waals surface area contributed by atoms with Gasteiger partial charge in [0.25, 0.3) is 0 Å². The zero-order valence-electron chi connectivity index (χ0n) is 11.4. The van der Waals surface area contributed by atoms with Gasteiger partial charge in [0.15, 0.2) is 11.5 Å². The maximum Gasteiger partial charge on any atom is 0.226 e. The Morgan fingerprint density at radius 1 is 1.37 bits per heavy atom. The van der Waals surface area contributed by atoms with E-state index in [-0.39, 0.29) is 11.9 Å². The summed E-state index contributed by atoms with van der Waals surface area (Å²) in [6.45, 7) is 3.01. The van der Waals surface area contributed by atoms with Crippen molar-refractivity contribution in [3.05, 3.63) is 18.2 Å². The van der Waals surface area contributed by atoms with Crippen LogP contribution in [-0.2, 0) is 4.79 Å². The molecule has 0 saturated heterocycles. The molecule has 1 atom stereocenters. The molecule has 0 fully saturated rings. The zero-order valence-corrected chi connectivity index (χ0v) is 11.4. The van der Waals surface area contributed by atoms with E-state index in [9.17, 15) is 4.79 Å². The Bertz CT molecular complexity index is 460. The molecule has 19 heavy (non-hydrogen) atoms. The van der Waals surface area contributed by atoms with Gasteiger partial charge in [-0.2, -0.15) is 0 Å². The molecule has 2 rings (SSSR count). The molecule has 0 saturated carbocycles. The van der Waals surface area contributed by atoms with Crippen molar-refractivity contribution >= 4 is 11.6 Å². The Kier molecular flexibility index (Phi) is 4.27. The van der Waals surface area contributed by atoms with Crippen LogP contribution in [0.15, 0.2) is 18.2 Å². The molecule has 0 aliphatic carbocycles. The lowest BCUT2D eigenvalue weighted by Crippen LogP contribution is -2.28. The zero-order chi connectivity index (χ0) is 13.8. The van der Waals surface area contributed by atoms with Crippen LogP contribution < -0.4 is 20.1 Å². The van der Waals surface area contributed by atoms with Gasteiger partial charge >= 0.3 is 0 Å². The highest BCUT2D eigenvalue weighted by Crippen LogP contribution is 2.33. The van der Waals surface area contributed by atoms with Crippen LogP contribution in [0.3, 0.4) is 0 Å². The van der Waals surface area contributed by atoms with E-state index in [1.54, 1.807) is 11.9 Å². The van der Waals surface area contributed by atoms with E-state index in [0.717, 1.165) is 11.4 Å². The molecule has 104 valence electrons. The fraction of sp³-hybridized carbons (Fsp3) is 0.500. The van der Waals surface area contributed by atoms with E-state index in [4.69, 9.17) is 15.2 Å². The number of fused-ring (bicyclic) bond motifs is 1. The number of carbonyl (C=O) groups is 1. The minimum Gasteiger partial charge on any atom is -0.486 e. The van der Waals surface area contributed by atoms with Crippen molar-refractivity contribution in [3.63, 3.8) is 0 Å². The number of amides is 1. The molecule has 1 aliphatic rings. The summed E-state index contributed by atoms with van der Waals surface area (Å²) in [5, 5.41) is 0. The van der Waals surface area contributed by atoms with Crippen molar-refractivity contribution in [2.24, 2.45) is 5.73 Å². The van der Waals surface area contributed by atoms with Crippen LogP contribution in [0.25, 0.3) is 0 Å². The van der Waals surface area contributed by atoms with Crippen LogP contribution in [0.1, 0.15) is 19.8 Å². The van der Waals surface area contributed by atoms with Crippen molar-refractivity contribution in [3.8, 4) is 11.5 Å². The third kappa shape index (κ3) is 3.38. The minimum atomic E-state index is 0.0395. The lowest BCUT2D eigenvalue weighted by molar-refractivity contribution is -0.118. The van der Waals surface area contributed by atoms with Crippen molar-refractivity contribution in [1.29, 1.82) is 0 Å². The lowest BCUT2D eigenvalue weighted by Gasteiger charge is -2.22. The molecule has 1 aromatic carbocycles. The second-order valence-electron chi connectivity index (χ2n) is 4.80. The van der Waals surface area contributed by atoms with Gasteiger partial charge in [-0.1, -0.05) is 0 Å². The molecule has 1 amide bonds. The fourth-order valence-corrected chi connectivity index (χ4v) is 1.90. The van der Waals surface area contributed by atoms with Gasteiger partial charge in [-0.15, -0.1) is 0 Å². The summed E-state index contributed by atoms with van der Waals surface area (Å²) in [5.41, 5.74) is 6.47. The predicted molar refractivity (Wildman–Crippen MR) is 73.7 cm³/mol. The SMILES string of the molecule is CC(N)CCC(=O)N(C)c1ccc2c(c1)OCCO2. The second-order valence-corrected chi connectivity index (χ2v) is 4.80. The molecule has 0 aromatic heterocycles. The van der Waals surface area contributed by atoms with E-state index in [2.05, 4.69) is 0 Å². The highest BCUT2D eigenvalue weighted by molar-refractivity contribution is 5.93. The van der Waals surface area contributed by atoms with Crippen LogP contribution in [0.2, 0.25) is 0 Å². The average Bonchev–Trinajstić information content (AvgIpc) is 2.43. The topological polar surface area (TPSA) is 64.8 Å². The monoisotopic (exact) mass is 264 g/mol. The predicted octanol–water partition coefficient (Wildman–Crippen LogP) is 1.55. The first kappa shape index (κ1) is 13.7. The number of benzene rings is 1. The molecule has 2 N–H and O–H groups in total. The number of rotatable bonds is 4. The Morgan fingerprint density at radius 3 is 2.74 bits per heavy atom.